The quantitative estimate of drug-likeness (QED) is 0.102. The highest BCUT2D eigenvalue weighted by molar-refractivity contribution is 5.85. The van der Waals surface area contributed by atoms with Gasteiger partial charge in [-0.15, -0.1) is 0 Å². The Morgan fingerprint density at radius 2 is 0.225 bits per heavy atom. The maximum Gasteiger partial charge on any atom is 0.164 e. The van der Waals surface area contributed by atoms with Crippen LogP contribution in [0.4, 0.5) is 0 Å². The Bertz CT molecular complexity index is 5390. The van der Waals surface area contributed by atoms with Gasteiger partial charge in [-0.25, -0.2) is 29.9 Å². The van der Waals surface area contributed by atoms with Crippen molar-refractivity contribution in [3.8, 4) is 168 Å². The van der Waals surface area contributed by atoms with Gasteiger partial charge >= 0.3 is 0 Å². The second kappa shape index (κ2) is 29.6. The number of nitrogens with zero attached hydrogens (tertiary/aromatic N) is 6. The smallest absolute Gasteiger partial charge is 0.164 e. The van der Waals surface area contributed by atoms with Gasteiger partial charge in [-0.2, -0.15) is 0 Å². The van der Waals surface area contributed by atoms with Crippen LogP contribution in [0.15, 0.2) is 400 Å². The van der Waals surface area contributed by atoms with Crippen LogP contribution in [0.25, 0.3) is 168 Å². The maximum absolute atomic E-state index is 5.19. The molecule has 0 spiro atoms. The molecule has 6 nitrogen and oxygen atoms in total. The first kappa shape index (κ1) is 63.1. The highest BCUT2D eigenvalue weighted by Gasteiger charge is 2.19. The lowest BCUT2D eigenvalue weighted by atomic mass is 9.93. The largest absolute Gasteiger partial charge is 0.208 e. The molecule has 0 amide bonds. The first-order valence-electron chi connectivity index (χ1n) is 34.3. The zero-order chi connectivity index (χ0) is 68.2. The van der Waals surface area contributed by atoms with Crippen LogP contribution in [0.5, 0.6) is 0 Å². The van der Waals surface area contributed by atoms with Crippen LogP contribution in [-0.2, 0) is 0 Å². The summed E-state index contributed by atoms with van der Waals surface area (Å²) in [5.41, 5.74) is 26.2. The van der Waals surface area contributed by atoms with Crippen molar-refractivity contribution >= 4 is 0 Å². The van der Waals surface area contributed by atoms with Gasteiger partial charge in [-0.3, -0.25) is 0 Å². The van der Waals surface area contributed by atoms with Crippen molar-refractivity contribution in [2.45, 2.75) is 0 Å². The van der Waals surface area contributed by atoms with E-state index in [-0.39, 0.29) is 0 Å². The number of hydrogen-bond acceptors (Lipinski definition) is 6. The fraction of sp³-hybridized carbons (Fsp3) is 0. The minimum absolute atomic E-state index is 0.619. The van der Waals surface area contributed by atoms with Crippen LogP contribution < -0.4 is 0 Å². The minimum Gasteiger partial charge on any atom is -0.208 e. The van der Waals surface area contributed by atoms with Crippen molar-refractivity contribution in [2.24, 2.45) is 0 Å². The van der Waals surface area contributed by atoms with Crippen LogP contribution in [0.3, 0.4) is 0 Å². The van der Waals surface area contributed by atoms with E-state index in [9.17, 15) is 0 Å². The highest BCUT2D eigenvalue weighted by atomic mass is 15.0. The Hall–Kier alpha value is -13.7. The summed E-state index contributed by atoms with van der Waals surface area (Å²) in [4.78, 5) is 30.4. The molecule has 0 aliphatic carbocycles. The summed E-state index contributed by atoms with van der Waals surface area (Å²) >= 11 is 0. The average molecular weight is 1300 g/mol. The van der Waals surface area contributed by atoms with E-state index in [0.717, 1.165) is 89.0 Å². The molecule has 2 aromatic heterocycles. The van der Waals surface area contributed by atoms with Crippen molar-refractivity contribution < 1.29 is 0 Å². The molecule has 0 N–H and O–H groups in total. The molecule has 17 aromatic rings. The van der Waals surface area contributed by atoms with E-state index in [1.54, 1.807) is 0 Å². The van der Waals surface area contributed by atoms with E-state index >= 15 is 0 Å². The molecule has 0 saturated carbocycles. The summed E-state index contributed by atoms with van der Waals surface area (Å²) in [6, 6.07) is 140. The third kappa shape index (κ3) is 14.5. The third-order valence-electron chi connectivity index (χ3n) is 18.3. The normalized spacial score (nSPS) is 10.9. The van der Waals surface area contributed by atoms with Gasteiger partial charge in [0.05, 0.1) is 0 Å². The van der Waals surface area contributed by atoms with Crippen molar-refractivity contribution in [3.63, 3.8) is 0 Å². The van der Waals surface area contributed by atoms with Gasteiger partial charge in [0.2, 0.25) is 0 Å². The molecule has 6 heteroatoms. The molecule has 15 aromatic carbocycles. The first-order valence-corrected chi connectivity index (χ1v) is 34.3. The van der Waals surface area contributed by atoms with Gasteiger partial charge in [0, 0.05) is 33.4 Å². The first-order chi connectivity index (χ1) is 50.5. The third-order valence-corrected chi connectivity index (χ3v) is 18.3. The Labute approximate surface area is 595 Å². The molecule has 102 heavy (non-hydrogen) atoms. The van der Waals surface area contributed by atoms with Crippen molar-refractivity contribution in [1.82, 2.24) is 29.9 Å². The molecule has 2 heterocycles. The fourth-order valence-corrected chi connectivity index (χ4v) is 12.9. The van der Waals surface area contributed by atoms with E-state index < -0.39 is 0 Å². The number of benzene rings is 15. The summed E-state index contributed by atoms with van der Waals surface area (Å²) < 4.78 is 0. The lowest BCUT2D eigenvalue weighted by Crippen LogP contribution is -2.00. The van der Waals surface area contributed by atoms with Crippen LogP contribution >= 0.6 is 0 Å². The van der Waals surface area contributed by atoms with E-state index in [0.29, 0.717) is 34.9 Å². The molecule has 0 aliphatic heterocycles. The van der Waals surface area contributed by atoms with Crippen molar-refractivity contribution in [1.29, 1.82) is 0 Å². The molecule has 0 radical (unpaired) electrons. The molecule has 0 unspecified atom stereocenters. The second-order valence-corrected chi connectivity index (χ2v) is 25.0. The van der Waals surface area contributed by atoms with Gasteiger partial charge < -0.3 is 0 Å². The van der Waals surface area contributed by atoms with Gasteiger partial charge in [0.25, 0.3) is 0 Å². The van der Waals surface area contributed by atoms with Gasteiger partial charge in [-0.05, 0) is 143 Å². The minimum atomic E-state index is 0.619. The van der Waals surface area contributed by atoms with E-state index in [1.165, 1.54) is 44.5 Å². The number of aromatic nitrogens is 6. The van der Waals surface area contributed by atoms with Crippen LogP contribution in [0.1, 0.15) is 0 Å². The average Bonchev–Trinajstić information content (AvgIpc) is 0.787. The Balaban J connectivity index is 0.000000159. The molecule has 0 atom stereocenters. The van der Waals surface area contributed by atoms with E-state index in [1.807, 2.05) is 121 Å². The Morgan fingerprint density at radius 1 is 0.0882 bits per heavy atom. The van der Waals surface area contributed by atoms with Crippen molar-refractivity contribution in [2.75, 3.05) is 0 Å². The summed E-state index contributed by atoms with van der Waals surface area (Å²) in [7, 11) is 0. The zero-order valence-electron chi connectivity index (χ0n) is 55.8. The Morgan fingerprint density at radius 3 is 0.461 bits per heavy atom. The number of rotatable bonds is 15. The number of hydrogen-bond donors (Lipinski definition) is 0. The highest BCUT2D eigenvalue weighted by Crippen LogP contribution is 2.39. The van der Waals surface area contributed by atoms with Gasteiger partial charge in [-0.1, -0.05) is 358 Å². The lowest BCUT2D eigenvalue weighted by Gasteiger charge is -2.13. The summed E-state index contributed by atoms with van der Waals surface area (Å²) in [6.45, 7) is 0. The molecule has 17 rings (SSSR count). The molecule has 0 bridgehead atoms. The monoisotopic (exact) mass is 1300 g/mol. The molecule has 0 fully saturated rings. The summed E-state index contributed by atoms with van der Waals surface area (Å²) in [5, 5.41) is 0. The van der Waals surface area contributed by atoms with Crippen LogP contribution in [0, 0.1) is 0 Å². The topological polar surface area (TPSA) is 77.3 Å². The SMILES string of the molecule is c1ccc(-c2ccc(-c3cc(-c4ccc(-c5ccccc5)cc4)cc(-c4nc(-c5ccccc5)nc(-c5cccc(-c6ccccc6)c5)n4)c3)cc2)cc1.c1ccc(-c2ccc(-c3cc(-c4ccc(-c5ccccc5)cc4)cc(-c4nc(-c5ccccc5)nc(-c5ccccc5)n4)c3)cc2)cc1. The molecule has 480 valence electrons. The summed E-state index contributed by atoms with van der Waals surface area (Å²) in [6.07, 6.45) is 0. The van der Waals surface area contributed by atoms with Crippen molar-refractivity contribution in [3.05, 3.63) is 400 Å². The molecular weight excluding hydrogens is 1240 g/mol. The molecular formula is C96H66N6. The van der Waals surface area contributed by atoms with Gasteiger partial charge in [0.15, 0.2) is 34.9 Å². The predicted molar refractivity (Wildman–Crippen MR) is 421 cm³/mol. The molecule has 0 aliphatic rings. The Kier molecular flexibility index (Phi) is 18.3. The summed E-state index contributed by atoms with van der Waals surface area (Å²) in [5.74, 6) is 3.80. The van der Waals surface area contributed by atoms with E-state index in [2.05, 4.69) is 279 Å². The van der Waals surface area contributed by atoms with Crippen LogP contribution in [0.2, 0.25) is 0 Å². The zero-order valence-corrected chi connectivity index (χ0v) is 55.8. The lowest BCUT2D eigenvalue weighted by molar-refractivity contribution is 1.07. The fourth-order valence-electron chi connectivity index (χ4n) is 12.9. The van der Waals surface area contributed by atoms with E-state index in [4.69, 9.17) is 29.9 Å². The predicted octanol–water partition coefficient (Wildman–Crippen LogP) is 24.7. The van der Waals surface area contributed by atoms with Gasteiger partial charge in [0.1, 0.15) is 0 Å². The molecule has 0 saturated heterocycles. The second-order valence-electron chi connectivity index (χ2n) is 25.0. The van der Waals surface area contributed by atoms with Crippen LogP contribution in [-0.4, -0.2) is 29.9 Å². The standard InChI is InChI=1S/C51H35N3.C45H31N3/c1-5-14-36(15-6-1)39-24-28-41(29-25-39)46-33-47(42-30-26-40(27-31-42)37-16-7-2-8-17-37)35-48(34-46)51-53-49(43-20-11-4-12-21-43)52-50(54-51)45-23-13-22-44(32-45)38-18-9-3-10-19-38;1-5-13-32(14-6-1)34-21-25-36(26-22-34)40-29-41(37-27-23-35(24-28-37)33-15-7-2-8-16-33)31-42(30-40)45-47-43(38-17-9-3-10-18-38)46-44(48-45)39-19-11-4-12-20-39/h1-35H;1-31H. The maximum atomic E-state index is 5.19.